The number of methoxy groups -OCH3 is 1. The first-order chi connectivity index (χ1) is 8.13. The standard InChI is InChI=1S/C13H17N3O/c1-9-11(8-16(2)15-9)13(14)10-6-4-5-7-12(10)17-3/h4-8,13H,14H2,1-3H3. The molecule has 1 aromatic carbocycles. The molecule has 90 valence electrons. The van der Waals surface area contributed by atoms with Gasteiger partial charge in [0.1, 0.15) is 5.75 Å². The number of para-hydroxylation sites is 1. The summed E-state index contributed by atoms with van der Waals surface area (Å²) < 4.78 is 7.11. The van der Waals surface area contributed by atoms with Crippen molar-refractivity contribution in [2.75, 3.05) is 7.11 Å². The molecule has 1 aromatic heterocycles. The molecule has 1 unspecified atom stereocenters. The third-order valence-corrected chi connectivity index (χ3v) is 2.86. The van der Waals surface area contributed by atoms with Crippen LogP contribution in [0.25, 0.3) is 0 Å². The van der Waals surface area contributed by atoms with Gasteiger partial charge in [-0.3, -0.25) is 4.68 Å². The van der Waals surface area contributed by atoms with E-state index in [0.717, 1.165) is 22.6 Å². The van der Waals surface area contributed by atoms with Crippen LogP contribution in [0.4, 0.5) is 0 Å². The average Bonchev–Trinajstić information content (AvgIpc) is 2.67. The lowest BCUT2D eigenvalue weighted by atomic mass is 9.99. The molecule has 4 heteroatoms. The summed E-state index contributed by atoms with van der Waals surface area (Å²) in [6.07, 6.45) is 1.95. The van der Waals surface area contributed by atoms with Gasteiger partial charge in [-0.2, -0.15) is 5.10 Å². The highest BCUT2D eigenvalue weighted by molar-refractivity contribution is 5.41. The molecular weight excluding hydrogens is 214 g/mol. The molecule has 2 rings (SSSR count). The van der Waals surface area contributed by atoms with Crippen LogP contribution in [0, 0.1) is 6.92 Å². The molecule has 17 heavy (non-hydrogen) atoms. The summed E-state index contributed by atoms with van der Waals surface area (Å²) >= 11 is 0. The van der Waals surface area contributed by atoms with Crippen molar-refractivity contribution < 1.29 is 4.74 Å². The van der Waals surface area contributed by atoms with E-state index in [9.17, 15) is 0 Å². The van der Waals surface area contributed by atoms with Gasteiger partial charge in [0, 0.05) is 24.4 Å². The highest BCUT2D eigenvalue weighted by Crippen LogP contribution is 2.28. The van der Waals surface area contributed by atoms with Gasteiger partial charge in [0.25, 0.3) is 0 Å². The fourth-order valence-electron chi connectivity index (χ4n) is 2.01. The van der Waals surface area contributed by atoms with Crippen LogP contribution in [0.5, 0.6) is 5.75 Å². The maximum absolute atomic E-state index is 6.27. The van der Waals surface area contributed by atoms with Crippen LogP contribution in [-0.2, 0) is 7.05 Å². The second-order valence-electron chi connectivity index (χ2n) is 4.06. The van der Waals surface area contributed by atoms with E-state index in [1.807, 2.05) is 44.4 Å². The molecule has 4 nitrogen and oxygen atoms in total. The van der Waals surface area contributed by atoms with Crippen molar-refractivity contribution in [1.82, 2.24) is 9.78 Å². The van der Waals surface area contributed by atoms with Crippen molar-refractivity contribution in [2.24, 2.45) is 12.8 Å². The highest BCUT2D eigenvalue weighted by Gasteiger charge is 2.17. The zero-order valence-electron chi connectivity index (χ0n) is 10.3. The lowest BCUT2D eigenvalue weighted by molar-refractivity contribution is 0.408. The van der Waals surface area contributed by atoms with E-state index in [1.54, 1.807) is 11.8 Å². The molecule has 1 heterocycles. The number of hydrogen-bond donors (Lipinski definition) is 1. The van der Waals surface area contributed by atoms with Crippen molar-refractivity contribution in [3.05, 3.63) is 47.3 Å². The predicted octanol–water partition coefficient (Wildman–Crippen LogP) is 1.79. The fraction of sp³-hybridized carbons (Fsp3) is 0.308. The zero-order valence-corrected chi connectivity index (χ0v) is 10.3. The second kappa shape index (κ2) is 4.59. The van der Waals surface area contributed by atoms with Gasteiger partial charge < -0.3 is 10.5 Å². The molecule has 0 fully saturated rings. The monoisotopic (exact) mass is 231 g/mol. The van der Waals surface area contributed by atoms with Crippen LogP contribution in [0.1, 0.15) is 22.9 Å². The molecule has 0 bridgehead atoms. The number of hydrogen-bond acceptors (Lipinski definition) is 3. The van der Waals surface area contributed by atoms with Crippen molar-refractivity contribution >= 4 is 0 Å². The van der Waals surface area contributed by atoms with Gasteiger partial charge in [-0.1, -0.05) is 18.2 Å². The average molecular weight is 231 g/mol. The first-order valence-corrected chi connectivity index (χ1v) is 5.52. The lowest BCUT2D eigenvalue weighted by Gasteiger charge is -2.14. The van der Waals surface area contributed by atoms with E-state index < -0.39 is 0 Å². The quantitative estimate of drug-likeness (QED) is 0.876. The first-order valence-electron chi connectivity index (χ1n) is 5.52. The Morgan fingerprint density at radius 2 is 2.00 bits per heavy atom. The Kier molecular flexibility index (Phi) is 3.15. The van der Waals surface area contributed by atoms with Crippen LogP contribution in [0.15, 0.2) is 30.5 Å². The summed E-state index contributed by atoms with van der Waals surface area (Å²) in [5, 5.41) is 4.31. The topological polar surface area (TPSA) is 53.1 Å². The minimum absolute atomic E-state index is 0.208. The second-order valence-corrected chi connectivity index (χ2v) is 4.06. The Bertz CT molecular complexity index is 519. The molecule has 0 radical (unpaired) electrons. The number of ether oxygens (including phenoxy) is 1. The molecule has 2 N–H and O–H groups in total. The maximum atomic E-state index is 6.27. The Labute approximate surface area is 101 Å². The molecule has 1 atom stereocenters. The summed E-state index contributed by atoms with van der Waals surface area (Å²) in [6.45, 7) is 1.96. The number of nitrogens with zero attached hydrogens (tertiary/aromatic N) is 2. The molecule has 2 aromatic rings. The minimum atomic E-state index is -0.208. The SMILES string of the molecule is COc1ccccc1C(N)c1cn(C)nc1C. The summed E-state index contributed by atoms with van der Waals surface area (Å²) in [7, 11) is 3.55. The Morgan fingerprint density at radius 1 is 1.29 bits per heavy atom. The van der Waals surface area contributed by atoms with E-state index in [4.69, 9.17) is 10.5 Å². The normalized spacial score (nSPS) is 12.5. The summed E-state index contributed by atoms with van der Waals surface area (Å²) in [5.41, 5.74) is 9.23. The predicted molar refractivity (Wildman–Crippen MR) is 67.0 cm³/mol. The van der Waals surface area contributed by atoms with Gasteiger partial charge in [0.05, 0.1) is 18.8 Å². The van der Waals surface area contributed by atoms with Gasteiger partial charge in [0.2, 0.25) is 0 Å². The highest BCUT2D eigenvalue weighted by atomic mass is 16.5. The third-order valence-electron chi connectivity index (χ3n) is 2.86. The van der Waals surface area contributed by atoms with Crippen LogP contribution in [0.3, 0.4) is 0 Å². The van der Waals surface area contributed by atoms with Crippen LogP contribution >= 0.6 is 0 Å². The van der Waals surface area contributed by atoms with Gasteiger partial charge in [-0.05, 0) is 13.0 Å². The van der Waals surface area contributed by atoms with Gasteiger partial charge >= 0.3 is 0 Å². The van der Waals surface area contributed by atoms with Crippen LogP contribution in [-0.4, -0.2) is 16.9 Å². The Morgan fingerprint density at radius 3 is 2.59 bits per heavy atom. The van der Waals surface area contributed by atoms with E-state index in [1.165, 1.54) is 0 Å². The summed E-state index contributed by atoms with van der Waals surface area (Å²) in [4.78, 5) is 0. The fourth-order valence-corrected chi connectivity index (χ4v) is 2.01. The number of nitrogens with two attached hydrogens (primary N) is 1. The number of aryl methyl sites for hydroxylation is 2. The van der Waals surface area contributed by atoms with Crippen molar-refractivity contribution in [3.63, 3.8) is 0 Å². The summed E-state index contributed by atoms with van der Waals surface area (Å²) in [5.74, 6) is 0.809. The smallest absolute Gasteiger partial charge is 0.123 e. The van der Waals surface area contributed by atoms with E-state index in [-0.39, 0.29) is 6.04 Å². The number of aromatic nitrogens is 2. The molecule has 0 aliphatic heterocycles. The van der Waals surface area contributed by atoms with Gasteiger partial charge in [0.15, 0.2) is 0 Å². The Hall–Kier alpha value is -1.81. The van der Waals surface area contributed by atoms with E-state index >= 15 is 0 Å². The van der Waals surface area contributed by atoms with Gasteiger partial charge in [-0.25, -0.2) is 0 Å². The van der Waals surface area contributed by atoms with Crippen LogP contribution in [0.2, 0.25) is 0 Å². The number of rotatable bonds is 3. The third kappa shape index (κ3) is 2.17. The first kappa shape index (κ1) is 11.7. The molecule has 0 spiro atoms. The number of benzene rings is 1. The van der Waals surface area contributed by atoms with Crippen molar-refractivity contribution in [1.29, 1.82) is 0 Å². The maximum Gasteiger partial charge on any atom is 0.123 e. The lowest BCUT2D eigenvalue weighted by Crippen LogP contribution is -2.13. The largest absolute Gasteiger partial charge is 0.496 e. The minimum Gasteiger partial charge on any atom is -0.496 e. The Balaban J connectivity index is 2.43. The van der Waals surface area contributed by atoms with Crippen molar-refractivity contribution in [2.45, 2.75) is 13.0 Å². The molecule has 0 saturated carbocycles. The van der Waals surface area contributed by atoms with Gasteiger partial charge in [-0.15, -0.1) is 0 Å². The molecule has 0 saturated heterocycles. The summed E-state index contributed by atoms with van der Waals surface area (Å²) in [6, 6.07) is 7.59. The van der Waals surface area contributed by atoms with E-state index in [0.29, 0.717) is 0 Å². The van der Waals surface area contributed by atoms with Crippen molar-refractivity contribution in [3.8, 4) is 5.75 Å². The molecule has 0 aliphatic rings. The molecule has 0 aliphatic carbocycles. The van der Waals surface area contributed by atoms with Crippen LogP contribution < -0.4 is 10.5 Å². The zero-order chi connectivity index (χ0) is 12.4. The molecule has 0 amide bonds. The molecular formula is C13H17N3O. The van der Waals surface area contributed by atoms with E-state index in [2.05, 4.69) is 5.10 Å².